The van der Waals surface area contributed by atoms with Gasteiger partial charge in [0.1, 0.15) is 18.2 Å². The van der Waals surface area contributed by atoms with Gasteiger partial charge in [-0.15, -0.1) is 0 Å². The Labute approximate surface area is 196 Å². The molecular formula is C27H23FN2O4. The fourth-order valence-electron chi connectivity index (χ4n) is 5.17. The number of carbonyl (C=O) groups is 2. The highest BCUT2D eigenvalue weighted by atomic mass is 19.1. The number of likely N-dealkylation sites (tertiary alicyclic amines) is 1. The molecule has 2 aliphatic heterocycles. The molecule has 0 unspecified atom stereocenters. The molecule has 0 bridgehead atoms. The van der Waals surface area contributed by atoms with E-state index < -0.39 is 11.0 Å². The highest BCUT2D eigenvalue weighted by Crippen LogP contribution is 2.52. The second-order valence-corrected chi connectivity index (χ2v) is 9.30. The number of hydrogen-bond donors (Lipinski definition) is 0. The average Bonchev–Trinajstić information content (AvgIpc) is 3.50. The summed E-state index contributed by atoms with van der Waals surface area (Å²) < 4.78 is 24.7. The van der Waals surface area contributed by atoms with Gasteiger partial charge in [-0.05, 0) is 54.3 Å². The maximum Gasteiger partial charge on any atom is 0.341 e. The molecule has 1 spiro atoms. The van der Waals surface area contributed by atoms with Crippen molar-refractivity contribution in [1.82, 2.24) is 9.88 Å². The molecule has 6 nitrogen and oxygen atoms in total. The van der Waals surface area contributed by atoms with Gasteiger partial charge in [0.2, 0.25) is 5.91 Å². The Morgan fingerprint density at radius 2 is 1.82 bits per heavy atom. The van der Waals surface area contributed by atoms with E-state index >= 15 is 0 Å². The molecule has 0 N–H and O–H groups in total. The lowest BCUT2D eigenvalue weighted by atomic mass is 9.92. The highest BCUT2D eigenvalue weighted by Gasteiger charge is 2.57. The molecule has 3 aliphatic rings. The number of ether oxygens (including phenoxy) is 2. The molecule has 0 radical (unpaired) electrons. The van der Waals surface area contributed by atoms with Crippen LogP contribution >= 0.6 is 0 Å². The van der Waals surface area contributed by atoms with Gasteiger partial charge in [-0.2, -0.15) is 0 Å². The third-order valence-electron chi connectivity index (χ3n) is 7.22. The van der Waals surface area contributed by atoms with Crippen molar-refractivity contribution < 1.29 is 23.5 Å². The number of nitrogens with zero attached hydrogens (tertiary/aromatic N) is 2. The fourth-order valence-corrected chi connectivity index (χ4v) is 5.17. The predicted octanol–water partition coefficient (Wildman–Crippen LogP) is 4.13. The van der Waals surface area contributed by atoms with Crippen molar-refractivity contribution in [3.05, 3.63) is 95.1 Å². The predicted molar refractivity (Wildman–Crippen MR) is 121 cm³/mol. The molecule has 1 saturated heterocycles. The number of pyridine rings is 1. The van der Waals surface area contributed by atoms with Crippen LogP contribution in [-0.4, -0.2) is 34.8 Å². The van der Waals surface area contributed by atoms with Gasteiger partial charge >= 0.3 is 5.97 Å². The third kappa shape index (κ3) is 3.34. The van der Waals surface area contributed by atoms with E-state index in [1.54, 1.807) is 24.5 Å². The normalized spacial score (nSPS) is 21.9. The zero-order valence-electron chi connectivity index (χ0n) is 18.5. The van der Waals surface area contributed by atoms with E-state index in [1.165, 1.54) is 12.1 Å². The Balaban J connectivity index is 1.15. The van der Waals surface area contributed by atoms with E-state index in [2.05, 4.69) is 4.98 Å². The highest BCUT2D eigenvalue weighted by molar-refractivity contribution is 5.95. The summed E-state index contributed by atoms with van der Waals surface area (Å²) in [6.07, 6.45) is 5.39. The number of hydrogen-bond acceptors (Lipinski definition) is 5. The van der Waals surface area contributed by atoms with E-state index in [1.807, 2.05) is 35.2 Å². The monoisotopic (exact) mass is 458 g/mol. The quantitative estimate of drug-likeness (QED) is 0.538. The lowest BCUT2D eigenvalue weighted by Crippen LogP contribution is -2.40. The van der Waals surface area contributed by atoms with Crippen LogP contribution in [-0.2, 0) is 27.2 Å². The van der Waals surface area contributed by atoms with Crippen molar-refractivity contribution in [3.8, 4) is 5.75 Å². The number of carbonyl (C=O) groups excluding carboxylic acids is 2. The Bertz CT molecular complexity index is 1270. The molecule has 34 heavy (non-hydrogen) atoms. The minimum Gasteiger partial charge on any atom is -0.489 e. The van der Waals surface area contributed by atoms with Gasteiger partial charge in [0.15, 0.2) is 5.60 Å². The average molecular weight is 458 g/mol. The zero-order valence-corrected chi connectivity index (χ0v) is 18.5. The van der Waals surface area contributed by atoms with Crippen LogP contribution in [0.5, 0.6) is 5.75 Å². The van der Waals surface area contributed by atoms with Crippen molar-refractivity contribution in [2.24, 2.45) is 0 Å². The van der Waals surface area contributed by atoms with Crippen LogP contribution in [0.2, 0.25) is 0 Å². The maximum atomic E-state index is 13.6. The molecule has 1 aliphatic carbocycles. The minimum atomic E-state index is -0.765. The first-order valence-corrected chi connectivity index (χ1v) is 11.4. The van der Waals surface area contributed by atoms with E-state index in [0.717, 1.165) is 29.5 Å². The largest absolute Gasteiger partial charge is 0.489 e. The topological polar surface area (TPSA) is 68.7 Å². The van der Waals surface area contributed by atoms with Crippen LogP contribution in [0.25, 0.3) is 0 Å². The van der Waals surface area contributed by atoms with Crippen LogP contribution < -0.4 is 4.74 Å². The van der Waals surface area contributed by atoms with E-state index in [4.69, 9.17) is 9.47 Å². The van der Waals surface area contributed by atoms with E-state index in [9.17, 15) is 14.0 Å². The summed E-state index contributed by atoms with van der Waals surface area (Å²) in [5.41, 5.74) is 1.89. The van der Waals surface area contributed by atoms with Crippen molar-refractivity contribution in [2.45, 2.75) is 36.9 Å². The molecule has 3 aromatic rings. The Morgan fingerprint density at radius 1 is 1.06 bits per heavy atom. The number of benzene rings is 2. The third-order valence-corrected chi connectivity index (χ3v) is 7.22. The second kappa shape index (κ2) is 7.65. The molecule has 7 heteroatoms. The summed E-state index contributed by atoms with van der Waals surface area (Å²) in [6.45, 7) is 1.26. The molecule has 1 atom stereocenters. The summed E-state index contributed by atoms with van der Waals surface area (Å²) >= 11 is 0. The molecule has 172 valence electrons. The van der Waals surface area contributed by atoms with Crippen LogP contribution in [0.3, 0.4) is 0 Å². The molecule has 2 aromatic carbocycles. The van der Waals surface area contributed by atoms with Crippen LogP contribution in [0.1, 0.15) is 46.3 Å². The number of amides is 1. The number of aromatic nitrogens is 1. The first-order valence-electron chi connectivity index (χ1n) is 11.4. The van der Waals surface area contributed by atoms with E-state index in [0.29, 0.717) is 37.4 Å². The lowest BCUT2D eigenvalue weighted by Gasteiger charge is -2.27. The molecule has 1 aromatic heterocycles. The van der Waals surface area contributed by atoms with Gasteiger partial charge in [-0.25, -0.2) is 9.18 Å². The van der Waals surface area contributed by atoms with Crippen LogP contribution in [0, 0.1) is 5.82 Å². The smallest absolute Gasteiger partial charge is 0.341 e. The maximum absolute atomic E-state index is 13.6. The zero-order chi connectivity index (χ0) is 23.3. The van der Waals surface area contributed by atoms with Gasteiger partial charge in [-0.3, -0.25) is 9.78 Å². The minimum absolute atomic E-state index is 0.0860. The summed E-state index contributed by atoms with van der Waals surface area (Å²) in [5, 5.41) is 0. The summed E-state index contributed by atoms with van der Waals surface area (Å²) in [7, 11) is 0. The van der Waals surface area contributed by atoms with Crippen molar-refractivity contribution in [2.75, 3.05) is 13.1 Å². The van der Waals surface area contributed by atoms with Crippen molar-refractivity contribution in [3.63, 3.8) is 0 Å². The molecular weight excluding hydrogens is 435 g/mol. The fraction of sp³-hybridized carbons (Fsp3) is 0.296. The Morgan fingerprint density at radius 3 is 2.56 bits per heavy atom. The number of fused-ring (bicyclic) bond motifs is 2. The molecule has 1 amide bonds. The summed E-state index contributed by atoms with van der Waals surface area (Å²) in [4.78, 5) is 31.8. The first-order chi connectivity index (χ1) is 16.5. The van der Waals surface area contributed by atoms with Gasteiger partial charge < -0.3 is 14.4 Å². The second-order valence-electron chi connectivity index (χ2n) is 9.30. The van der Waals surface area contributed by atoms with Crippen LogP contribution in [0.15, 0.2) is 67.0 Å². The Kier molecular flexibility index (Phi) is 4.69. The standard InChI is InChI=1S/C27H23FN2O4/c28-20-5-1-18(2-6-20)16-33-21-7-3-19(4-8-21)26(10-11-26)25(32)30-14-12-27(17-30)23-9-13-29-15-22(23)24(31)34-27/h1-9,13,15H,10-12,14,16-17H2/t27-/m0/s1. The van der Waals surface area contributed by atoms with Gasteiger partial charge in [0, 0.05) is 30.9 Å². The van der Waals surface area contributed by atoms with Crippen molar-refractivity contribution in [1.29, 1.82) is 0 Å². The lowest BCUT2D eigenvalue weighted by molar-refractivity contribution is -0.134. The van der Waals surface area contributed by atoms with Gasteiger partial charge in [-0.1, -0.05) is 24.3 Å². The first kappa shape index (κ1) is 20.8. The number of halogens is 1. The summed E-state index contributed by atoms with van der Waals surface area (Å²) in [5.74, 6) is 0.140. The van der Waals surface area contributed by atoms with Crippen molar-refractivity contribution >= 4 is 11.9 Å². The van der Waals surface area contributed by atoms with Gasteiger partial charge in [0.25, 0.3) is 0 Å². The molecule has 3 heterocycles. The molecule has 6 rings (SSSR count). The number of rotatable bonds is 5. The van der Waals surface area contributed by atoms with E-state index in [-0.39, 0.29) is 17.7 Å². The van der Waals surface area contributed by atoms with Crippen LogP contribution in [0.4, 0.5) is 4.39 Å². The molecule has 2 fully saturated rings. The van der Waals surface area contributed by atoms with Gasteiger partial charge in [0.05, 0.1) is 17.5 Å². The summed E-state index contributed by atoms with van der Waals surface area (Å²) in [6, 6.07) is 15.7. The number of esters is 1. The Hall–Kier alpha value is -3.74. The SMILES string of the molecule is O=C1O[C@]2(CCN(C(=O)C3(c4ccc(OCc5ccc(F)cc5)cc4)CC3)C2)c2ccncc21. The molecule has 1 saturated carbocycles.